The van der Waals surface area contributed by atoms with Crippen LogP contribution in [-0.4, -0.2) is 36.4 Å². The van der Waals surface area contributed by atoms with E-state index in [4.69, 9.17) is 9.84 Å². The van der Waals surface area contributed by atoms with E-state index >= 15 is 0 Å². The maximum absolute atomic E-state index is 13.2. The Balaban J connectivity index is 1.37. The van der Waals surface area contributed by atoms with Crippen LogP contribution in [0.1, 0.15) is 17.0 Å². The van der Waals surface area contributed by atoms with Gasteiger partial charge in [-0.2, -0.15) is 14.6 Å². The number of methoxy groups -OCH3 is 1. The second-order valence-corrected chi connectivity index (χ2v) is 9.71. The van der Waals surface area contributed by atoms with Crippen LogP contribution in [-0.2, 0) is 0 Å². The van der Waals surface area contributed by atoms with Crippen LogP contribution in [0.5, 0.6) is 5.75 Å². The maximum Gasteiger partial charge on any atom is 0.291 e. The first-order chi connectivity index (χ1) is 19.5. The molecule has 0 unspecified atom stereocenters. The molecule has 0 saturated carbocycles. The van der Waals surface area contributed by atoms with Gasteiger partial charge >= 0.3 is 0 Å². The van der Waals surface area contributed by atoms with Crippen molar-refractivity contribution in [2.24, 2.45) is 0 Å². The van der Waals surface area contributed by atoms with Crippen molar-refractivity contribution in [3.8, 4) is 22.7 Å². The molecular formula is C29H20N6O4S. The van der Waals surface area contributed by atoms with Gasteiger partial charge in [-0.05, 0) is 42.0 Å². The summed E-state index contributed by atoms with van der Waals surface area (Å²) in [5.74, 6) is 1.20. The van der Waals surface area contributed by atoms with Crippen molar-refractivity contribution >= 4 is 40.2 Å². The Morgan fingerprint density at radius 1 is 0.950 bits per heavy atom. The van der Waals surface area contributed by atoms with E-state index in [1.54, 1.807) is 42.3 Å². The molecular weight excluding hydrogens is 528 g/mol. The molecule has 0 amide bonds. The minimum absolute atomic E-state index is 0.00499. The van der Waals surface area contributed by atoms with Crippen molar-refractivity contribution in [1.29, 1.82) is 0 Å². The van der Waals surface area contributed by atoms with Crippen molar-refractivity contribution in [2.75, 3.05) is 7.11 Å². The summed E-state index contributed by atoms with van der Waals surface area (Å²) >= 11 is 1.24. The van der Waals surface area contributed by atoms with Gasteiger partial charge in [0.05, 0.1) is 27.9 Å². The zero-order valence-electron chi connectivity index (χ0n) is 21.0. The highest BCUT2D eigenvalue weighted by atomic mass is 32.1. The lowest BCUT2D eigenvalue weighted by atomic mass is 10.1. The first kappa shape index (κ1) is 24.9. The van der Waals surface area contributed by atoms with Crippen molar-refractivity contribution in [3.05, 3.63) is 127 Å². The van der Waals surface area contributed by atoms with E-state index in [1.165, 1.54) is 28.0 Å². The molecule has 11 heteroatoms. The average molecular weight is 549 g/mol. The molecule has 0 aliphatic heterocycles. The first-order valence-electron chi connectivity index (χ1n) is 12.1. The molecule has 40 heavy (non-hydrogen) atoms. The van der Waals surface area contributed by atoms with Gasteiger partial charge in [0.2, 0.25) is 4.96 Å². The minimum Gasteiger partial charge on any atom is -0.497 e. The molecule has 0 aliphatic carbocycles. The van der Waals surface area contributed by atoms with Crippen molar-refractivity contribution in [1.82, 2.24) is 24.4 Å². The number of benzene rings is 3. The molecule has 3 aromatic carbocycles. The van der Waals surface area contributed by atoms with Gasteiger partial charge in [0.15, 0.2) is 5.82 Å². The van der Waals surface area contributed by atoms with Gasteiger partial charge in [-0.15, -0.1) is 5.10 Å². The Bertz CT molecular complexity index is 1970. The molecule has 10 nitrogen and oxygen atoms in total. The quantitative estimate of drug-likeness (QED) is 0.211. The molecule has 0 fully saturated rings. The van der Waals surface area contributed by atoms with Crippen LogP contribution in [0.25, 0.3) is 40.1 Å². The highest BCUT2D eigenvalue weighted by Gasteiger charge is 2.14. The van der Waals surface area contributed by atoms with Crippen LogP contribution >= 0.6 is 11.3 Å². The number of non-ortho nitro benzene ring substituents is 1. The monoisotopic (exact) mass is 548 g/mol. The second kappa shape index (κ2) is 10.4. The van der Waals surface area contributed by atoms with E-state index in [9.17, 15) is 14.9 Å². The Morgan fingerprint density at radius 3 is 2.38 bits per heavy atom. The fraction of sp³-hybridized carbons (Fsp3) is 0.0345. The fourth-order valence-electron chi connectivity index (χ4n) is 4.12. The number of fused-ring (bicyclic) bond motifs is 1. The topological polar surface area (TPSA) is 117 Å². The highest BCUT2D eigenvalue weighted by Crippen LogP contribution is 2.25. The Labute approximate surface area is 230 Å². The fourth-order valence-corrected chi connectivity index (χ4v) is 5.02. The number of aromatic nitrogens is 5. The first-order valence-corrected chi connectivity index (χ1v) is 12.9. The molecule has 0 bridgehead atoms. The third kappa shape index (κ3) is 4.88. The van der Waals surface area contributed by atoms with E-state index in [0.29, 0.717) is 32.3 Å². The van der Waals surface area contributed by atoms with Gasteiger partial charge in [0.25, 0.3) is 11.2 Å². The summed E-state index contributed by atoms with van der Waals surface area (Å²) in [4.78, 5) is 28.8. The number of thiazole rings is 1. The third-order valence-electron chi connectivity index (χ3n) is 6.14. The lowest BCUT2D eigenvalue weighted by Crippen LogP contribution is -2.23. The van der Waals surface area contributed by atoms with Crippen LogP contribution < -0.4 is 14.8 Å². The van der Waals surface area contributed by atoms with Gasteiger partial charge in [-0.1, -0.05) is 59.9 Å². The highest BCUT2D eigenvalue weighted by molar-refractivity contribution is 7.15. The minimum atomic E-state index is -0.446. The van der Waals surface area contributed by atoms with Crippen LogP contribution in [0.4, 0.5) is 5.69 Å². The predicted octanol–water partition coefficient (Wildman–Crippen LogP) is 4.64. The van der Waals surface area contributed by atoms with E-state index in [-0.39, 0.29) is 11.2 Å². The zero-order chi connectivity index (χ0) is 27.6. The average Bonchev–Trinajstić information content (AvgIpc) is 3.67. The number of hydrogen-bond donors (Lipinski definition) is 0. The van der Waals surface area contributed by atoms with Gasteiger partial charge in [-0.25, -0.2) is 4.68 Å². The van der Waals surface area contributed by atoms with E-state index in [1.807, 2.05) is 60.7 Å². The van der Waals surface area contributed by atoms with Gasteiger partial charge in [0.1, 0.15) is 5.75 Å². The molecule has 3 aromatic heterocycles. The molecule has 0 radical (unpaired) electrons. The molecule has 0 spiro atoms. The van der Waals surface area contributed by atoms with E-state index in [2.05, 4.69) is 10.1 Å². The predicted molar refractivity (Wildman–Crippen MR) is 153 cm³/mol. The van der Waals surface area contributed by atoms with Gasteiger partial charge in [-0.3, -0.25) is 14.9 Å². The molecule has 3 heterocycles. The van der Waals surface area contributed by atoms with Crippen LogP contribution in [0.2, 0.25) is 0 Å². The standard InChI is InChI=1S/C29H20N6O4S/c1-39-24-14-7-19(8-15-24)9-16-26-30-29-34(31-26)28(36)25(40-29)17-21-18-33(22-10-12-23(13-11-22)35(37)38)32-27(21)20-5-3-2-4-6-20/h2-18H,1H3/b16-9+,25-17-. The smallest absolute Gasteiger partial charge is 0.291 e. The second-order valence-electron chi connectivity index (χ2n) is 8.70. The zero-order valence-corrected chi connectivity index (χ0v) is 21.9. The van der Waals surface area contributed by atoms with Crippen molar-refractivity contribution < 1.29 is 9.66 Å². The van der Waals surface area contributed by atoms with Crippen LogP contribution in [0.3, 0.4) is 0 Å². The molecule has 0 saturated heterocycles. The number of nitrogens with zero attached hydrogens (tertiary/aromatic N) is 6. The molecule has 0 atom stereocenters. The Morgan fingerprint density at radius 2 is 1.70 bits per heavy atom. The number of rotatable bonds is 7. The summed E-state index contributed by atoms with van der Waals surface area (Å²) in [6.45, 7) is 0. The normalized spacial score (nSPS) is 12.0. The number of hydrogen-bond acceptors (Lipinski definition) is 8. The SMILES string of the molecule is COc1ccc(/C=C/c2nc3s/c(=C\c4cn(-c5ccc([N+](=O)[O-])cc5)nc4-c4ccccc4)c(=O)n3n2)cc1. The molecule has 6 rings (SSSR count). The number of nitro benzene ring substituents is 1. The van der Waals surface area contributed by atoms with Crippen molar-refractivity contribution in [2.45, 2.75) is 0 Å². The summed E-state index contributed by atoms with van der Waals surface area (Å²) in [6, 6.07) is 23.3. The number of ether oxygens (including phenoxy) is 1. The van der Waals surface area contributed by atoms with Crippen LogP contribution in [0, 0.1) is 10.1 Å². The molecule has 0 N–H and O–H groups in total. The maximum atomic E-state index is 13.2. The summed E-state index contributed by atoms with van der Waals surface area (Å²) in [6.07, 6.45) is 7.19. The van der Waals surface area contributed by atoms with Crippen molar-refractivity contribution in [3.63, 3.8) is 0 Å². The van der Waals surface area contributed by atoms with Crippen LogP contribution in [0.15, 0.2) is 89.9 Å². The third-order valence-corrected chi connectivity index (χ3v) is 7.10. The Kier molecular flexibility index (Phi) is 6.46. The summed E-state index contributed by atoms with van der Waals surface area (Å²) in [7, 11) is 1.62. The number of nitro groups is 1. The lowest BCUT2D eigenvalue weighted by molar-refractivity contribution is -0.384. The summed E-state index contributed by atoms with van der Waals surface area (Å²) < 4.78 is 8.58. The summed E-state index contributed by atoms with van der Waals surface area (Å²) in [5, 5.41) is 20.2. The molecule has 6 aromatic rings. The molecule has 0 aliphatic rings. The van der Waals surface area contributed by atoms with E-state index < -0.39 is 4.92 Å². The van der Waals surface area contributed by atoms with E-state index in [0.717, 1.165) is 16.9 Å². The van der Waals surface area contributed by atoms with Gasteiger partial charge < -0.3 is 4.74 Å². The largest absolute Gasteiger partial charge is 0.497 e. The Hall–Kier alpha value is -5.42. The lowest BCUT2D eigenvalue weighted by Gasteiger charge is -2.00. The van der Waals surface area contributed by atoms with Gasteiger partial charge in [0, 0.05) is 29.5 Å². The molecule has 196 valence electrons. The summed E-state index contributed by atoms with van der Waals surface area (Å²) in [5.41, 5.74) is 3.57.